The molecular formula is C30H35N3O3. The molecule has 188 valence electrons. The molecule has 3 aromatic carbocycles. The first-order chi connectivity index (χ1) is 17.2. The van der Waals surface area contributed by atoms with Crippen LogP contribution < -0.4 is 4.90 Å². The molecule has 2 atom stereocenters. The molecule has 0 saturated carbocycles. The number of Topliss-reactive ketones (excluding diaryl/α,β-unsaturated/α-hetero) is 1. The molecule has 0 amide bonds. The Hall–Kier alpha value is -3.48. The topological polar surface area (TPSA) is 53.1 Å². The lowest BCUT2D eigenvalue weighted by molar-refractivity contribution is 0.0596. The number of hydrogen-bond acceptors (Lipinski definition) is 6. The summed E-state index contributed by atoms with van der Waals surface area (Å²) in [6, 6.07) is 21.9. The molecule has 0 aromatic heterocycles. The first-order valence-electron chi connectivity index (χ1n) is 12.2. The monoisotopic (exact) mass is 485 g/mol. The quantitative estimate of drug-likeness (QED) is 0.450. The van der Waals surface area contributed by atoms with Gasteiger partial charge in [-0.1, -0.05) is 54.6 Å². The van der Waals surface area contributed by atoms with E-state index in [4.69, 9.17) is 4.74 Å². The number of hydrogen-bond donors (Lipinski definition) is 0. The summed E-state index contributed by atoms with van der Waals surface area (Å²) in [6.07, 6.45) is 0. The molecule has 0 aliphatic carbocycles. The lowest BCUT2D eigenvalue weighted by atomic mass is 9.76. The number of rotatable bonds is 7. The lowest BCUT2D eigenvalue weighted by Crippen LogP contribution is -2.39. The Kier molecular flexibility index (Phi) is 7.57. The van der Waals surface area contributed by atoms with E-state index < -0.39 is 11.9 Å². The number of esters is 1. The summed E-state index contributed by atoms with van der Waals surface area (Å²) >= 11 is 0. The van der Waals surface area contributed by atoms with Gasteiger partial charge in [-0.05, 0) is 62.6 Å². The van der Waals surface area contributed by atoms with E-state index in [-0.39, 0.29) is 11.8 Å². The molecule has 3 aromatic rings. The van der Waals surface area contributed by atoms with Crippen LogP contribution >= 0.6 is 0 Å². The van der Waals surface area contributed by atoms with E-state index in [2.05, 4.69) is 63.2 Å². The van der Waals surface area contributed by atoms with Crippen molar-refractivity contribution in [3.63, 3.8) is 0 Å². The third kappa shape index (κ3) is 5.06. The van der Waals surface area contributed by atoms with Crippen LogP contribution in [0.25, 0.3) is 0 Å². The minimum atomic E-state index is -0.500. The number of ether oxygens (including phenoxy) is 1. The summed E-state index contributed by atoms with van der Waals surface area (Å²) in [5, 5.41) is 0. The van der Waals surface area contributed by atoms with Crippen molar-refractivity contribution in [2.24, 2.45) is 0 Å². The van der Waals surface area contributed by atoms with Crippen LogP contribution in [0.15, 0.2) is 66.7 Å². The maximum absolute atomic E-state index is 14.2. The van der Waals surface area contributed by atoms with E-state index in [1.807, 2.05) is 47.4 Å². The Morgan fingerprint density at radius 1 is 0.833 bits per heavy atom. The minimum Gasteiger partial charge on any atom is -0.465 e. The van der Waals surface area contributed by atoms with Crippen molar-refractivity contribution < 1.29 is 14.3 Å². The van der Waals surface area contributed by atoms with Gasteiger partial charge in [-0.3, -0.25) is 4.79 Å². The van der Waals surface area contributed by atoms with Crippen molar-refractivity contribution in [3.8, 4) is 0 Å². The van der Waals surface area contributed by atoms with Crippen LogP contribution in [0, 0.1) is 0 Å². The SMILES string of the molecule is COC(=O)c1cccc2c1C(=O)C(c1ccc(CN(C)C)cc1)C(c1ccc(CN(C)C)cc1)N2C. The largest absolute Gasteiger partial charge is 0.465 e. The van der Waals surface area contributed by atoms with Gasteiger partial charge in [0.25, 0.3) is 0 Å². The van der Waals surface area contributed by atoms with Crippen LogP contribution in [0.5, 0.6) is 0 Å². The molecule has 6 heteroatoms. The van der Waals surface area contributed by atoms with Crippen molar-refractivity contribution in [2.75, 3.05) is 47.2 Å². The first kappa shape index (κ1) is 25.6. The molecule has 0 saturated heterocycles. The summed E-state index contributed by atoms with van der Waals surface area (Å²) < 4.78 is 5.02. The molecule has 4 rings (SSSR count). The minimum absolute atomic E-state index is 0.0631. The number of carbonyl (C=O) groups excluding carboxylic acids is 2. The van der Waals surface area contributed by atoms with Gasteiger partial charge < -0.3 is 19.4 Å². The molecule has 0 bridgehead atoms. The molecule has 36 heavy (non-hydrogen) atoms. The average Bonchev–Trinajstić information content (AvgIpc) is 2.85. The van der Waals surface area contributed by atoms with Crippen molar-refractivity contribution in [3.05, 3.63) is 100 Å². The summed E-state index contributed by atoms with van der Waals surface area (Å²) in [5.74, 6) is -1.03. The molecule has 1 aliphatic heterocycles. The molecule has 1 aliphatic rings. The van der Waals surface area contributed by atoms with Gasteiger partial charge in [-0.25, -0.2) is 4.79 Å². The van der Waals surface area contributed by atoms with Crippen LogP contribution in [0.2, 0.25) is 0 Å². The van der Waals surface area contributed by atoms with Crippen molar-refractivity contribution in [2.45, 2.75) is 25.0 Å². The zero-order chi connectivity index (χ0) is 26.0. The summed E-state index contributed by atoms with van der Waals surface area (Å²) in [4.78, 5) is 33.2. The average molecular weight is 486 g/mol. The van der Waals surface area contributed by atoms with Crippen LogP contribution in [0.4, 0.5) is 5.69 Å². The summed E-state index contributed by atoms with van der Waals surface area (Å²) in [6.45, 7) is 1.67. The highest BCUT2D eigenvalue weighted by molar-refractivity contribution is 6.14. The fourth-order valence-corrected chi connectivity index (χ4v) is 5.18. The molecule has 0 N–H and O–H groups in total. The highest BCUT2D eigenvalue weighted by atomic mass is 16.5. The predicted molar refractivity (Wildman–Crippen MR) is 144 cm³/mol. The van der Waals surface area contributed by atoms with E-state index in [1.165, 1.54) is 18.2 Å². The number of fused-ring (bicyclic) bond motifs is 1. The Labute approximate surface area is 214 Å². The van der Waals surface area contributed by atoms with Gasteiger partial charge in [0, 0.05) is 25.8 Å². The lowest BCUT2D eigenvalue weighted by Gasteiger charge is -2.41. The second kappa shape index (κ2) is 10.6. The van der Waals surface area contributed by atoms with Crippen molar-refractivity contribution in [1.29, 1.82) is 0 Å². The van der Waals surface area contributed by atoms with Crippen molar-refractivity contribution >= 4 is 17.4 Å². The number of carbonyl (C=O) groups is 2. The van der Waals surface area contributed by atoms with Crippen molar-refractivity contribution in [1.82, 2.24) is 9.80 Å². The molecule has 0 radical (unpaired) electrons. The van der Waals surface area contributed by atoms with Crippen LogP contribution in [-0.4, -0.2) is 63.9 Å². The van der Waals surface area contributed by atoms with E-state index in [0.717, 1.165) is 29.9 Å². The van der Waals surface area contributed by atoms with Crippen LogP contribution in [0.1, 0.15) is 54.9 Å². The molecule has 2 unspecified atom stereocenters. The fourth-order valence-electron chi connectivity index (χ4n) is 5.18. The molecule has 1 heterocycles. The Bertz CT molecular complexity index is 1230. The third-order valence-corrected chi connectivity index (χ3v) is 6.75. The van der Waals surface area contributed by atoms with E-state index in [1.54, 1.807) is 6.07 Å². The smallest absolute Gasteiger partial charge is 0.338 e. The van der Waals surface area contributed by atoms with Gasteiger partial charge in [0.05, 0.1) is 30.2 Å². The molecule has 6 nitrogen and oxygen atoms in total. The second-order valence-electron chi connectivity index (χ2n) is 10.0. The normalized spacial score (nSPS) is 17.4. The number of methoxy groups -OCH3 is 1. The summed E-state index contributed by atoms with van der Waals surface area (Å²) in [7, 11) is 11.5. The number of nitrogens with zero attached hydrogens (tertiary/aromatic N) is 3. The zero-order valence-electron chi connectivity index (χ0n) is 22.0. The van der Waals surface area contributed by atoms with Crippen LogP contribution in [-0.2, 0) is 17.8 Å². The molecule has 0 fully saturated rings. The predicted octanol–water partition coefficient (Wildman–Crippen LogP) is 4.75. The van der Waals surface area contributed by atoms with Gasteiger partial charge in [0.15, 0.2) is 5.78 Å². The number of anilines is 1. The zero-order valence-corrected chi connectivity index (χ0v) is 22.0. The van der Waals surface area contributed by atoms with E-state index in [0.29, 0.717) is 11.1 Å². The van der Waals surface area contributed by atoms with E-state index in [9.17, 15) is 9.59 Å². The van der Waals surface area contributed by atoms with Crippen LogP contribution in [0.3, 0.4) is 0 Å². The Morgan fingerprint density at radius 2 is 1.36 bits per heavy atom. The summed E-state index contributed by atoms with van der Waals surface area (Å²) in [5.41, 5.74) is 5.86. The van der Waals surface area contributed by atoms with Gasteiger partial charge in [0.1, 0.15) is 0 Å². The van der Waals surface area contributed by atoms with Gasteiger partial charge in [-0.2, -0.15) is 0 Å². The maximum Gasteiger partial charge on any atom is 0.338 e. The number of benzene rings is 3. The Morgan fingerprint density at radius 3 is 1.86 bits per heavy atom. The third-order valence-electron chi connectivity index (χ3n) is 6.75. The van der Waals surface area contributed by atoms with Gasteiger partial charge in [-0.15, -0.1) is 0 Å². The second-order valence-corrected chi connectivity index (χ2v) is 10.0. The number of ketones is 1. The highest BCUT2D eigenvalue weighted by Crippen LogP contribution is 2.47. The van der Waals surface area contributed by atoms with Gasteiger partial charge in [0.2, 0.25) is 0 Å². The van der Waals surface area contributed by atoms with Gasteiger partial charge >= 0.3 is 5.97 Å². The molecular weight excluding hydrogens is 450 g/mol. The fraction of sp³-hybridized carbons (Fsp3) is 0.333. The standard InChI is InChI=1S/C30H35N3O3/c1-31(2)18-20-10-14-22(15-11-20)26-28(23-16-12-21(13-17-23)19-32(3)4)33(5)25-9-7-8-24(30(35)36-6)27(25)29(26)34/h7-17,26,28H,18-19H2,1-6H3. The number of likely N-dealkylation sites (N-methyl/N-ethyl adjacent to an activating group) is 1. The maximum atomic E-state index is 14.2. The Balaban J connectivity index is 1.84. The van der Waals surface area contributed by atoms with E-state index >= 15 is 0 Å². The molecule has 0 spiro atoms. The first-order valence-corrected chi connectivity index (χ1v) is 12.2. The highest BCUT2D eigenvalue weighted by Gasteiger charge is 2.42.